The van der Waals surface area contributed by atoms with E-state index in [0.717, 1.165) is 12.8 Å². The lowest BCUT2D eigenvalue weighted by Crippen LogP contribution is -2.22. The number of halogens is 2. The molecule has 1 aliphatic rings. The van der Waals surface area contributed by atoms with Crippen LogP contribution in [0.5, 0.6) is 11.5 Å². The normalized spacial score (nSPS) is 16.8. The molecule has 0 N–H and O–H groups in total. The van der Waals surface area contributed by atoms with Gasteiger partial charge in [-0.15, -0.1) is 0 Å². The Labute approximate surface area is 150 Å². The van der Waals surface area contributed by atoms with Gasteiger partial charge in [0, 0.05) is 16.7 Å². The number of fused-ring (bicyclic) bond motifs is 3. The van der Waals surface area contributed by atoms with Crippen molar-refractivity contribution in [2.24, 2.45) is 5.92 Å². The zero-order valence-electron chi connectivity index (χ0n) is 14.8. The molecule has 0 spiro atoms. The molecule has 0 amide bonds. The first-order valence-corrected chi connectivity index (χ1v) is 8.85. The third-order valence-corrected chi connectivity index (χ3v) is 4.90. The van der Waals surface area contributed by atoms with E-state index >= 15 is 0 Å². The van der Waals surface area contributed by atoms with E-state index in [4.69, 9.17) is 13.9 Å². The van der Waals surface area contributed by atoms with Gasteiger partial charge in [-0.25, -0.2) is 0 Å². The lowest BCUT2D eigenvalue weighted by Gasteiger charge is -2.28. The van der Waals surface area contributed by atoms with Crippen LogP contribution in [0.3, 0.4) is 0 Å². The fourth-order valence-electron chi connectivity index (χ4n) is 3.42. The van der Waals surface area contributed by atoms with Gasteiger partial charge in [0.25, 0.3) is 0 Å². The van der Waals surface area contributed by atoms with Crippen molar-refractivity contribution >= 4 is 21.9 Å². The summed E-state index contributed by atoms with van der Waals surface area (Å²) in [5.74, 6) is -0.563. The van der Waals surface area contributed by atoms with Crippen LogP contribution in [0.4, 0.5) is 8.78 Å². The van der Waals surface area contributed by atoms with Gasteiger partial charge >= 0.3 is 0 Å². The molecule has 2 aromatic carbocycles. The van der Waals surface area contributed by atoms with Gasteiger partial charge in [0.1, 0.15) is 0 Å². The first-order chi connectivity index (χ1) is 12.6. The molecule has 1 heterocycles. The lowest BCUT2D eigenvalue weighted by molar-refractivity contribution is 0.210. The largest absolute Gasteiger partial charge is 0.491 e. The minimum absolute atomic E-state index is 0.00119. The topological polar surface area (TPSA) is 31.6 Å². The van der Waals surface area contributed by atoms with Gasteiger partial charge in [0.15, 0.2) is 22.7 Å². The van der Waals surface area contributed by atoms with Gasteiger partial charge in [0.2, 0.25) is 11.6 Å². The summed E-state index contributed by atoms with van der Waals surface area (Å²) in [6.45, 7) is 4.60. The van der Waals surface area contributed by atoms with E-state index < -0.39 is 11.6 Å². The van der Waals surface area contributed by atoms with E-state index in [0.29, 0.717) is 29.9 Å². The standard InChI is InChI=1S/C21H20F2O3/c1-3-12-9-13(10-12)11-25-17-8-6-15-14-5-7-16(24-4-2)18(22)20(14)26-21(15)19(17)23/h3,5-8,13H,4,9-11H2,1-2H3. The summed E-state index contributed by atoms with van der Waals surface area (Å²) < 4.78 is 45.7. The first kappa shape index (κ1) is 16.9. The number of ether oxygens (including phenoxy) is 2. The van der Waals surface area contributed by atoms with Gasteiger partial charge in [-0.1, -0.05) is 11.6 Å². The Bertz CT molecular complexity index is 996. The summed E-state index contributed by atoms with van der Waals surface area (Å²) in [7, 11) is 0. The molecule has 0 radical (unpaired) electrons. The molecular weight excluding hydrogens is 338 g/mol. The molecule has 5 heteroatoms. The number of hydrogen-bond donors (Lipinski definition) is 0. The van der Waals surface area contributed by atoms with E-state index in [1.54, 1.807) is 25.1 Å². The SMILES string of the molecule is CC=C1CC(COc2ccc3c(oc4c(F)c(OCC)ccc43)c2F)C1. The first-order valence-electron chi connectivity index (χ1n) is 8.85. The Hall–Kier alpha value is -2.56. The second kappa shape index (κ2) is 6.63. The van der Waals surface area contributed by atoms with Crippen molar-refractivity contribution in [3.05, 3.63) is 47.5 Å². The Balaban J connectivity index is 1.66. The van der Waals surface area contributed by atoms with Gasteiger partial charge in [-0.3, -0.25) is 0 Å². The van der Waals surface area contributed by atoms with Gasteiger partial charge < -0.3 is 13.9 Å². The van der Waals surface area contributed by atoms with E-state index in [1.807, 2.05) is 6.92 Å². The minimum Gasteiger partial charge on any atom is -0.491 e. The third-order valence-electron chi connectivity index (χ3n) is 4.90. The second-order valence-corrected chi connectivity index (χ2v) is 6.58. The zero-order chi connectivity index (χ0) is 18.3. The summed E-state index contributed by atoms with van der Waals surface area (Å²) in [6, 6.07) is 6.50. The van der Waals surface area contributed by atoms with Crippen LogP contribution >= 0.6 is 0 Å². The number of rotatable bonds is 5. The van der Waals surface area contributed by atoms with Crippen molar-refractivity contribution in [3.8, 4) is 11.5 Å². The average molecular weight is 358 g/mol. The van der Waals surface area contributed by atoms with Crippen molar-refractivity contribution in [1.82, 2.24) is 0 Å². The molecule has 4 rings (SSSR count). The highest BCUT2D eigenvalue weighted by Gasteiger charge is 2.24. The molecule has 0 bridgehead atoms. The number of benzene rings is 2. The molecule has 1 saturated carbocycles. The maximum Gasteiger partial charge on any atom is 0.208 e. The summed E-state index contributed by atoms with van der Waals surface area (Å²) in [6.07, 6.45) is 4.11. The average Bonchev–Trinajstić information content (AvgIpc) is 2.98. The lowest BCUT2D eigenvalue weighted by atomic mass is 9.80. The summed E-state index contributed by atoms with van der Waals surface area (Å²) in [5.41, 5.74) is 1.42. The highest BCUT2D eigenvalue weighted by atomic mass is 19.1. The number of hydrogen-bond acceptors (Lipinski definition) is 3. The molecular formula is C21H20F2O3. The summed E-state index contributed by atoms with van der Waals surface area (Å²) in [4.78, 5) is 0. The molecule has 0 unspecified atom stereocenters. The molecule has 3 aromatic rings. The number of furan rings is 1. The third kappa shape index (κ3) is 2.71. The van der Waals surface area contributed by atoms with E-state index in [2.05, 4.69) is 6.08 Å². The molecule has 0 saturated heterocycles. The van der Waals surface area contributed by atoms with E-state index in [-0.39, 0.29) is 22.7 Å². The predicted octanol–water partition coefficient (Wildman–Crippen LogP) is 6.00. The van der Waals surface area contributed by atoms with Crippen molar-refractivity contribution in [2.75, 3.05) is 13.2 Å². The molecule has 1 fully saturated rings. The molecule has 136 valence electrons. The second-order valence-electron chi connectivity index (χ2n) is 6.58. The van der Waals surface area contributed by atoms with Crippen LogP contribution in [0.2, 0.25) is 0 Å². The van der Waals surface area contributed by atoms with E-state index in [1.165, 1.54) is 11.6 Å². The van der Waals surface area contributed by atoms with Crippen LogP contribution in [0.25, 0.3) is 21.9 Å². The zero-order valence-corrected chi connectivity index (χ0v) is 14.8. The molecule has 0 atom stereocenters. The van der Waals surface area contributed by atoms with Crippen molar-refractivity contribution in [1.29, 1.82) is 0 Å². The predicted molar refractivity (Wildman–Crippen MR) is 96.8 cm³/mol. The Morgan fingerprint density at radius 2 is 1.58 bits per heavy atom. The highest BCUT2D eigenvalue weighted by Crippen LogP contribution is 2.38. The van der Waals surface area contributed by atoms with Crippen LogP contribution in [0, 0.1) is 17.6 Å². The molecule has 0 aliphatic heterocycles. The summed E-state index contributed by atoms with van der Waals surface area (Å²) in [5, 5.41) is 1.04. The van der Waals surface area contributed by atoms with Gasteiger partial charge in [-0.05, 0) is 51.0 Å². The van der Waals surface area contributed by atoms with Crippen LogP contribution in [0.1, 0.15) is 26.7 Å². The number of allylic oxidation sites excluding steroid dienone is 2. The maximum atomic E-state index is 14.8. The quantitative estimate of drug-likeness (QED) is 0.524. The maximum absolute atomic E-state index is 14.8. The fourth-order valence-corrected chi connectivity index (χ4v) is 3.42. The summed E-state index contributed by atoms with van der Waals surface area (Å²) >= 11 is 0. The molecule has 3 nitrogen and oxygen atoms in total. The highest BCUT2D eigenvalue weighted by molar-refractivity contribution is 6.06. The Kier molecular flexibility index (Phi) is 4.31. The smallest absolute Gasteiger partial charge is 0.208 e. The van der Waals surface area contributed by atoms with Crippen LogP contribution in [-0.2, 0) is 0 Å². The van der Waals surface area contributed by atoms with Gasteiger partial charge in [0.05, 0.1) is 13.2 Å². The van der Waals surface area contributed by atoms with Crippen molar-refractivity contribution in [3.63, 3.8) is 0 Å². The monoisotopic (exact) mass is 358 g/mol. The molecule has 1 aromatic heterocycles. The fraction of sp³-hybridized carbons (Fsp3) is 0.333. The van der Waals surface area contributed by atoms with Crippen LogP contribution in [-0.4, -0.2) is 13.2 Å². The minimum atomic E-state index is -0.615. The van der Waals surface area contributed by atoms with Gasteiger partial charge in [-0.2, -0.15) is 8.78 Å². The van der Waals surface area contributed by atoms with Crippen LogP contribution < -0.4 is 9.47 Å². The molecule has 26 heavy (non-hydrogen) atoms. The Morgan fingerprint density at radius 1 is 1.00 bits per heavy atom. The Morgan fingerprint density at radius 3 is 2.12 bits per heavy atom. The van der Waals surface area contributed by atoms with E-state index in [9.17, 15) is 8.78 Å². The van der Waals surface area contributed by atoms with Crippen molar-refractivity contribution < 1.29 is 22.7 Å². The van der Waals surface area contributed by atoms with Crippen LogP contribution in [0.15, 0.2) is 40.3 Å². The molecule has 1 aliphatic carbocycles. The van der Waals surface area contributed by atoms with Crippen molar-refractivity contribution in [2.45, 2.75) is 26.7 Å².